The van der Waals surface area contributed by atoms with Gasteiger partial charge < -0.3 is 14.8 Å². The lowest BCUT2D eigenvalue weighted by Gasteiger charge is -2.15. The Morgan fingerprint density at radius 2 is 2.07 bits per heavy atom. The van der Waals surface area contributed by atoms with Crippen LogP contribution in [0.1, 0.15) is 18.2 Å². The molecule has 0 saturated heterocycles. The summed E-state index contributed by atoms with van der Waals surface area (Å²) in [4.78, 5) is 28.7. The smallest absolute Gasteiger partial charge is 0.331 e. The highest BCUT2D eigenvalue weighted by Gasteiger charge is 2.18. The molecule has 7 nitrogen and oxygen atoms in total. The number of aryl methyl sites for hydroxylation is 1. The Kier molecular flexibility index (Phi) is 6.19. The highest BCUT2D eigenvalue weighted by atomic mass is 35.5. The largest absolute Gasteiger partial charge is 0.495 e. The number of anilines is 1. The van der Waals surface area contributed by atoms with E-state index in [0.717, 1.165) is 5.56 Å². The number of amides is 1. The van der Waals surface area contributed by atoms with Crippen molar-refractivity contribution >= 4 is 40.9 Å². The van der Waals surface area contributed by atoms with E-state index in [-0.39, 0.29) is 5.15 Å². The van der Waals surface area contributed by atoms with Crippen LogP contribution in [0.25, 0.3) is 11.7 Å². The molecule has 0 unspecified atom stereocenters. The fourth-order valence-corrected chi connectivity index (χ4v) is 2.94. The summed E-state index contributed by atoms with van der Waals surface area (Å²) in [6.45, 7) is 3.39. The van der Waals surface area contributed by atoms with Crippen molar-refractivity contribution in [3.05, 3.63) is 65.1 Å². The van der Waals surface area contributed by atoms with Crippen LogP contribution in [0.5, 0.6) is 5.75 Å². The lowest BCUT2D eigenvalue weighted by Crippen LogP contribution is -2.29. The number of benzene rings is 1. The van der Waals surface area contributed by atoms with Crippen molar-refractivity contribution in [2.24, 2.45) is 0 Å². The SMILES string of the molecule is COc1ccc(C)cc1NC(=O)[C@@H](C)OC(=O)/C=C/c1c(Cl)nc2ccccn12. The van der Waals surface area contributed by atoms with Gasteiger partial charge >= 0.3 is 5.97 Å². The van der Waals surface area contributed by atoms with Crippen molar-refractivity contribution in [2.75, 3.05) is 12.4 Å². The third kappa shape index (κ3) is 4.75. The molecule has 0 bridgehead atoms. The minimum Gasteiger partial charge on any atom is -0.495 e. The molecule has 0 aliphatic carbocycles. The Balaban J connectivity index is 1.65. The maximum absolute atomic E-state index is 12.4. The van der Waals surface area contributed by atoms with Gasteiger partial charge in [0.15, 0.2) is 11.3 Å². The number of imidazole rings is 1. The first-order valence-electron chi connectivity index (χ1n) is 8.86. The van der Waals surface area contributed by atoms with Crippen molar-refractivity contribution < 1.29 is 19.1 Å². The average molecular weight is 414 g/mol. The van der Waals surface area contributed by atoms with Gasteiger partial charge in [0.05, 0.1) is 18.5 Å². The second-order valence-electron chi connectivity index (χ2n) is 6.32. The first-order chi connectivity index (χ1) is 13.9. The number of nitrogens with one attached hydrogen (secondary N) is 1. The van der Waals surface area contributed by atoms with Gasteiger partial charge in [-0.15, -0.1) is 0 Å². The van der Waals surface area contributed by atoms with Gasteiger partial charge in [0.25, 0.3) is 5.91 Å². The molecule has 2 aromatic heterocycles. The number of halogens is 1. The van der Waals surface area contributed by atoms with Gasteiger partial charge in [0, 0.05) is 12.3 Å². The van der Waals surface area contributed by atoms with Crippen LogP contribution in [0.15, 0.2) is 48.7 Å². The predicted octanol–water partition coefficient (Wildman–Crippen LogP) is 3.89. The average Bonchev–Trinajstić information content (AvgIpc) is 3.01. The highest BCUT2D eigenvalue weighted by molar-refractivity contribution is 6.31. The number of carbonyl (C=O) groups excluding carboxylic acids is 2. The van der Waals surface area contributed by atoms with Gasteiger partial charge in [0.1, 0.15) is 11.4 Å². The Morgan fingerprint density at radius 1 is 1.28 bits per heavy atom. The molecule has 0 aliphatic heterocycles. The van der Waals surface area contributed by atoms with E-state index in [1.165, 1.54) is 26.2 Å². The summed E-state index contributed by atoms with van der Waals surface area (Å²) in [7, 11) is 1.51. The van der Waals surface area contributed by atoms with Crippen LogP contribution in [-0.2, 0) is 14.3 Å². The summed E-state index contributed by atoms with van der Waals surface area (Å²) in [5, 5.41) is 2.97. The molecule has 1 aromatic carbocycles. The molecule has 3 rings (SSSR count). The lowest BCUT2D eigenvalue weighted by atomic mass is 10.2. The van der Waals surface area contributed by atoms with Gasteiger partial charge in [-0.2, -0.15) is 0 Å². The molecule has 0 spiro atoms. The van der Waals surface area contributed by atoms with E-state index >= 15 is 0 Å². The number of esters is 1. The Hall–Kier alpha value is -3.32. The summed E-state index contributed by atoms with van der Waals surface area (Å²) in [6.07, 6.45) is 3.48. The predicted molar refractivity (Wildman–Crippen MR) is 111 cm³/mol. The van der Waals surface area contributed by atoms with Gasteiger partial charge in [0.2, 0.25) is 0 Å². The maximum atomic E-state index is 12.4. The van der Waals surface area contributed by atoms with E-state index in [2.05, 4.69) is 10.3 Å². The van der Waals surface area contributed by atoms with Crippen LogP contribution in [-0.4, -0.2) is 34.5 Å². The van der Waals surface area contributed by atoms with E-state index < -0.39 is 18.0 Å². The molecule has 0 radical (unpaired) electrons. The van der Waals surface area contributed by atoms with Crippen molar-refractivity contribution in [1.29, 1.82) is 0 Å². The number of hydrogen-bond donors (Lipinski definition) is 1. The first kappa shape index (κ1) is 20.4. The number of hydrogen-bond acceptors (Lipinski definition) is 5. The van der Waals surface area contributed by atoms with Gasteiger partial charge in [-0.25, -0.2) is 9.78 Å². The summed E-state index contributed by atoms with van der Waals surface area (Å²) in [5.41, 5.74) is 2.67. The molecule has 1 N–H and O–H groups in total. The number of methoxy groups -OCH3 is 1. The van der Waals surface area contributed by atoms with Gasteiger partial charge in [-0.1, -0.05) is 23.7 Å². The monoisotopic (exact) mass is 413 g/mol. The number of nitrogens with zero attached hydrogens (tertiary/aromatic N) is 2. The minimum absolute atomic E-state index is 0.262. The number of carbonyl (C=O) groups is 2. The molecule has 1 atom stereocenters. The fourth-order valence-electron chi connectivity index (χ4n) is 2.70. The molecule has 150 valence electrons. The molecule has 2 heterocycles. The van der Waals surface area contributed by atoms with E-state index in [1.54, 1.807) is 28.8 Å². The minimum atomic E-state index is -1.00. The summed E-state index contributed by atoms with van der Waals surface area (Å²) < 4.78 is 12.2. The van der Waals surface area contributed by atoms with Crippen LogP contribution in [0, 0.1) is 6.92 Å². The fraction of sp³-hybridized carbons (Fsp3) is 0.190. The first-order valence-corrected chi connectivity index (χ1v) is 9.23. The lowest BCUT2D eigenvalue weighted by molar-refractivity contribution is -0.148. The van der Waals surface area contributed by atoms with Gasteiger partial charge in [-0.3, -0.25) is 9.20 Å². The van der Waals surface area contributed by atoms with E-state index in [4.69, 9.17) is 21.1 Å². The third-order valence-corrected chi connectivity index (χ3v) is 4.45. The van der Waals surface area contributed by atoms with E-state index in [9.17, 15) is 9.59 Å². The molecular weight excluding hydrogens is 394 g/mol. The molecule has 0 saturated carbocycles. The van der Waals surface area contributed by atoms with Crippen molar-refractivity contribution in [1.82, 2.24) is 9.38 Å². The molecular formula is C21H20ClN3O4. The highest BCUT2D eigenvalue weighted by Crippen LogP contribution is 2.25. The summed E-state index contributed by atoms with van der Waals surface area (Å²) >= 11 is 6.13. The van der Waals surface area contributed by atoms with E-state index in [1.807, 2.05) is 25.1 Å². The topological polar surface area (TPSA) is 81.9 Å². The Morgan fingerprint density at radius 3 is 2.83 bits per heavy atom. The molecule has 0 aliphatic rings. The number of fused-ring (bicyclic) bond motifs is 1. The number of aromatic nitrogens is 2. The van der Waals surface area contributed by atoms with Crippen molar-refractivity contribution in [3.63, 3.8) is 0 Å². The number of rotatable bonds is 6. The third-order valence-electron chi connectivity index (χ3n) is 4.17. The standard InChI is InChI=1S/C21H20ClN3O4/c1-13-7-9-17(28-3)15(12-13)23-21(27)14(2)29-19(26)10-8-16-20(22)24-18-6-4-5-11-25(16)18/h4-12,14H,1-3H3,(H,23,27)/b10-8+/t14-/m1/s1. The van der Waals surface area contributed by atoms with Gasteiger partial charge in [-0.05, 0) is 49.8 Å². The second kappa shape index (κ2) is 8.79. The summed E-state index contributed by atoms with van der Waals surface area (Å²) in [5.74, 6) is -0.626. The number of pyridine rings is 1. The van der Waals surface area contributed by atoms with Crippen molar-refractivity contribution in [2.45, 2.75) is 20.0 Å². The van der Waals surface area contributed by atoms with E-state index in [0.29, 0.717) is 22.8 Å². The molecule has 29 heavy (non-hydrogen) atoms. The summed E-state index contributed by atoms with van der Waals surface area (Å²) in [6, 6.07) is 10.9. The zero-order chi connectivity index (χ0) is 21.0. The van der Waals surface area contributed by atoms with Crippen LogP contribution in [0.2, 0.25) is 5.15 Å². The normalized spacial score (nSPS) is 12.1. The van der Waals surface area contributed by atoms with Crippen LogP contribution in [0.4, 0.5) is 5.69 Å². The molecule has 0 fully saturated rings. The zero-order valence-electron chi connectivity index (χ0n) is 16.2. The van der Waals surface area contributed by atoms with Crippen LogP contribution in [0.3, 0.4) is 0 Å². The van der Waals surface area contributed by atoms with Crippen LogP contribution < -0.4 is 10.1 Å². The zero-order valence-corrected chi connectivity index (χ0v) is 16.9. The molecule has 1 amide bonds. The van der Waals surface area contributed by atoms with Crippen LogP contribution >= 0.6 is 11.6 Å². The maximum Gasteiger partial charge on any atom is 0.331 e. The Bertz CT molecular complexity index is 1090. The molecule has 8 heteroatoms. The quantitative estimate of drug-likeness (QED) is 0.489. The second-order valence-corrected chi connectivity index (χ2v) is 6.68. The van der Waals surface area contributed by atoms with Crippen molar-refractivity contribution in [3.8, 4) is 5.75 Å². The molecule has 3 aromatic rings. The Labute approximate surface area is 172 Å². The number of ether oxygens (including phenoxy) is 2.